The van der Waals surface area contributed by atoms with Crippen LogP contribution in [0.25, 0.3) is 20.8 Å². The highest BCUT2D eigenvalue weighted by atomic mass is 79.9. The van der Waals surface area contributed by atoms with Gasteiger partial charge in [-0.1, -0.05) is 15.9 Å². The van der Waals surface area contributed by atoms with Gasteiger partial charge in [0.2, 0.25) is 0 Å². The summed E-state index contributed by atoms with van der Waals surface area (Å²) >= 11 is 6.75. The average molecular weight is 325 g/mol. The molecule has 2 N–H and O–H groups in total. The fourth-order valence-corrected chi connectivity index (χ4v) is 3.89. The molecule has 0 atom stereocenters. The summed E-state index contributed by atoms with van der Waals surface area (Å²) in [5.41, 5.74) is 8.08. The first-order valence-electron chi connectivity index (χ1n) is 5.06. The zero-order valence-electron chi connectivity index (χ0n) is 9.03. The van der Waals surface area contributed by atoms with E-state index >= 15 is 0 Å². The standard InChI is InChI=1S/C12H9BrN2S2/c1-6-4-8(11(14)16-6)12-15-9-5-7(13)2-3-10(9)17-12/h2-5H,14H2,1H3. The molecule has 0 amide bonds. The number of hydrogen-bond donors (Lipinski definition) is 1. The molecule has 2 aromatic heterocycles. The molecule has 0 saturated heterocycles. The molecule has 0 spiro atoms. The zero-order chi connectivity index (χ0) is 12.0. The number of halogens is 1. The van der Waals surface area contributed by atoms with Crippen LogP contribution >= 0.6 is 38.6 Å². The number of benzene rings is 1. The Morgan fingerprint density at radius 2 is 2.06 bits per heavy atom. The van der Waals surface area contributed by atoms with E-state index in [0.29, 0.717) is 0 Å². The molecule has 17 heavy (non-hydrogen) atoms. The predicted octanol–water partition coefficient (Wildman–Crippen LogP) is 4.68. The highest BCUT2D eigenvalue weighted by Crippen LogP contribution is 2.38. The molecule has 0 fully saturated rings. The van der Waals surface area contributed by atoms with Gasteiger partial charge in [-0.25, -0.2) is 4.98 Å². The molecule has 0 aliphatic rings. The van der Waals surface area contributed by atoms with Gasteiger partial charge in [-0.05, 0) is 31.2 Å². The van der Waals surface area contributed by atoms with E-state index in [4.69, 9.17) is 5.73 Å². The number of aromatic nitrogens is 1. The van der Waals surface area contributed by atoms with E-state index in [-0.39, 0.29) is 0 Å². The third-order valence-electron chi connectivity index (χ3n) is 2.46. The van der Waals surface area contributed by atoms with E-state index < -0.39 is 0 Å². The van der Waals surface area contributed by atoms with Crippen LogP contribution in [0.15, 0.2) is 28.7 Å². The van der Waals surface area contributed by atoms with Gasteiger partial charge in [0.15, 0.2) is 0 Å². The maximum Gasteiger partial charge on any atom is 0.127 e. The summed E-state index contributed by atoms with van der Waals surface area (Å²) in [5, 5.41) is 1.85. The Labute approximate surface area is 115 Å². The van der Waals surface area contributed by atoms with E-state index in [9.17, 15) is 0 Å². The summed E-state index contributed by atoms with van der Waals surface area (Å²) in [7, 11) is 0. The van der Waals surface area contributed by atoms with Crippen molar-refractivity contribution in [2.75, 3.05) is 5.73 Å². The number of anilines is 1. The minimum atomic E-state index is 0.848. The fourth-order valence-electron chi connectivity index (χ4n) is 1.72. The van der Waals surface area contributed by atoms with Crippen LogP contribution in [-0.4, -0.2) is 4.98 Å². The molecule has 1 aromatic carbocycles. The normalized spacial score (nSPS) is 11.2. The molecular formula is C12H9BrN2S2. The summed E-state index contributed by atoms with van der Waals surface area (Å²) in [6.45, 7) is 2.06. The van der Waals surface area contributed by atoms with Crippen LogP contribution < -0.4 is 5.73 Å². The van der Waals surface area contributed by atoms with E-state index in [1.54, 1.807) is 22.7 Å². The number of hydrogen-bond acceptors (Lipinski definition) is 4. The van der Waals surface area contributed by atoms with Crippen LogP contribution in [0.5, 0.6) is 0 Å². The summed E-state index contributed by atoms with van der Waals surface area (Å²) < 4.78 is 2.24. The van der Waals surface area contributed by atoms with Crippen LogP contribution in [-0.2, 0) is 0 Å². The fraction of sp³-hybridized carbons (Fsp3) is 0.0833. The minimum Gasteiger partial charge on any atom is -0.390 e. The van der Waals surface area contributed by atoms with Crippen LogP contribution in [0.3, 0.4) is 0 Å². The molecular weight excluding hydrogens is 316 g/mol. The van der Waals surface area contributed by atoms with Crippen molar-refractivity contribution in [3.05, 3.63) is 33.6 Å². The summed E-state index contributed by atoms with van der Waals surface area (Å²) in [4.78, 5) is 5.85. The van der Waals surface area contributed by atoms with E-state index in [1.165, 1.54) is 9.58 Å². The number of aryl methyl sites for hydroxylation is 1. The Bertz CT molecular complexity index is 700. The SMILES string of the molecule is Cc1cc(-c2nc3cc(Br)ccc3s2)c(N)s1. The van der Waals surface area contributed by atoms with Crippen LogP contribution in [0.2, 0.25) is 0 Å². The first-order chi connectivity index (χ1) is 8.13. The molecule has 0 aliphatic carbocycles. The molecule has 0 bridgehead atoms. The van der Waals surface area contributed by atoms with Gasteiger partial charge >= 0.3 is 0 Å². The van der Waals surface area contributed by atoms with Gasteiger partial charge in [0.1, 0.15) is 5.01 Å². The Morgan fingerprint density at radius 1 is 1.24 bits per heavy atom. The maximum absolute atomic E-state index is 6.00. The van der Waals surface area contributed by atoms with Gasteiger partial charge < -0.3 is 5.73 Å². The number of thiazole rings is 1. The molecule has 3 aromatic rings. The van der Waals surface area contributed by atoms with Gasteiger partial charge in [0, 0.05) is 14.9 Å². The van der Waals surface area contributed by atoms with Gasteiger partial charge in [0.05, 0.1) is 15.2 Å². The Kier molecular flexibility index (Phi) is 2.69. The van der Waals surface area contributed by atoms with Crippen molar-refractivity contribution in [2.45, 2.75) is 6.92 Å². The predicted molar refractivity (Wildman–Crippen MR) is 79.8 cm³/mol. The Morgan fingerprint density at radius 3 is 2.76 bits per heavy atom. The van der Waals surface area contributed by atoms with E-state index in [0.717, 1.165) is 25.6 Å². The largest absolute Gasteiger partial charge is 0.390 e. The Balaban J connectivity index is 2.21. The smallest absolute Gasteiger partial charge is 0.127 e. The molecule has 0 radical (unpaired) electrons. The second-order valence-corrected chi connectivity index (χ2v) is 7.00. The zero-order valence-corrected chi connectivity index (χ0v) is 12.2. The van der Waals surface area contributed by atoms with Crippen molar-refractivity contribution in [3.8, 4) is 10.6 Å². The molecule has 5 heteroatoms. The van der Waals surface area contributed by atoms with Crippen molar-refractivity contribution in [1.29, 1.82) is 0 Å². The molecule has 3 rings (SSSR count). The summed E-state index contributed by atoms with van der Waals surface area (Å²) in [5.74, 6) is 0. The third kappa shape index (κ3) is 1.99. The lowest BCUT2D eigenvalue weighted by Gasteiger charge is -1.91. The number of thiophene rings is 1. The highest BCUT2D eigenvalue weighted by Gasteiger charge is 2.11. The van der Waals surface area contributed by atoms with Gasteiger partial charge in [-0.3, -0.25) is 0 Å². The Hall–Kier alpha value is -0.910. The topological polar surface area (TPSA) is 38.9 Å². The molecule has 2 heterocycles. The van der Waals surface area contributed by atoms with Crippen molar-refractivity contribution in [2.24, 2.45) is 0 Å². The summed E-state index contributed by atoms with van der Waals surface area (Å²) in [6.07, 6.45) is 0. The first-order valence-corrected chi connectivity index (χ1v) is 7.48. The molecule has 86 valence electrons. The monoisotopic (exact) mass is 324 g/mol. The molecule has 0 aliphatic heterocycles. The second-order valence-electron chi connectivity index (χ2n) is 3.77. The number of nitrogens with zero attached hydrogens (tertiary/aromatic N) is 1. The highest BCUT2D eigenvalue weighted by molar-refractivity contribution is 9.10. The van der Waals surface area contributed by atoms with Gasteiger partial charge in [0.25, 0.3) is 0 Å². The number of fused-ring (bicyclic) bond motifs is 1. The number of nitrogens with two attached hydrogens (primary N) is 1. The van der Waals surface area contributed by atoms with Crippen LogP contribution in [0.4, 0.5) is 5.00 Å². The lowest BCUT2D eigenvalue weighted by molar-refractivity contribution is 1.48. The van der Waals surface area contributed by atoms with Crippen LogP contribution in [0.1, 0.15) is 4.88 Å². The molecule has 2 nitrogen and oxygen atoms in total. The first kappa shape index (κ1) is 11.2. The minimum absolute atomic E-state index is 0.848. The third-order valence-corrected chi connectivity index (χ3v) is 4.91. The van der Waals surface area contributed by atoms with Crippen LogP contribution in [0, 0.1) is 6.92 Å². The lowest BCUT2D eigenvalue weighted by atomic mass is 10.3. The van der Waals surface area contributed by atoms with Gasteiger partial charge in [-0.2, -0.15) is 0 Å². The molecule has 0 unspecified atom stereocenters. The van der Waals surface area contributed by atoms with Crippen molar-refractivity contribution in [1.82, 2.24) is 4.98 Å². The average Bonchev–Trinajstić information content (AvgIpc) is 2.80. The quantitative estimate of drug-likeness (QED) is 0.706. The van der Waals surface area contributed by atoms with Crippen molar-refractivity contribution >= 4 is 53.8 Å². The molecule has 0 saturated carbocycles. The van der Waals surface area contributed by atoms with Gasteiger partial charge in [-0.15, -0.1) is 22.7 Å². The maximum atomic E-state index is 6.00. The number of rotatable bonds is 1. The van der Waals surface area contributed by atoms with E-state index in [2.05, 4.69) is 40.0 Å². The lowest BCUT2D eigenvalue weighted by Crippen LogP contribution is -1.81. The van der Waals surface area contributed by atoms with Crippen molar-refractivity contribution in [3.63, 3.8) is 0 Å². The van der Waals surface area contributed by atoms with E-state index in [1.807, 2.05) is 12.1 Å². The number of nitrogen functional groups attached to an aromatic ring is 1. The van der Waals surface area contributed by atoms with Crippen molar-refractivity contribution < 1.29 is 0 Å². The summed E-state index contributed by atoms with van der Waals surface area (Å²) in [6, 6.07) is 8.25. The second kappa shape index (κ2) is 4.08.